The van der Waals surface area contributed by atoms with Crippen molar-refractivity contribution in [3.05, 3.63) is 66.2 Å². The van der Waals surface area contributed by atoms with Gasteiger partial charge >= 0.3 is 0 Å². The average molecular weight is 617 g/mol. The van der Waals surface area contributed by atoms with Crippen LogP contribution in [0.15, 0.2) is 54.9 Å². The molecule has 3 N–H and O–H groups in total. The fraction of sp³-hybridized carbons (Fsp3) is 0.345. The fourth-order valence-electron chi connectivity index (χ4n) is 4.77. The zero-order valence-corrected chi connectivity index (χ0v) is 25.2. The van der Waals surface area contributed by atoms with E-state index in [4.69, 9.17) is 14.5 Å². The molecule has 0 amide bonds. The van der Waals surface area contributed by atoms with Gasteiger partial charge in [0.2, 0.25) is 21.9 Å². The molecule has 0 aliphatic carbocycles. The number of hydrogen-bond donors (Lipinski definition) is 3. The summed E-state index contributed by atoms with van der Waals surface area (Å²) < 4.78 is 54.3. The molecule has 2 aromatic heterocycles. The number of pyridine rings is 1. The number of aromatic nitrogens is 3. The van der Waals surface area contributed by atoms with Crippen molar-refractivity contribution in [1.82, 2.24) is 20.3 Å². The molecule has 1 saturated heterocycles. The number of rotatable bonds is 10. The quantitative estimate of drug-likeness (QED) is 0.218. The third kappa shape index (κ3) is 7.24. The summed E-state index contributed by atoms with van der Waals surface area (Å²) in [5.41, 5.74) is 1.88. The summed E-state index contributed by atoms with van der Waals surface area (Å²) in [7, 11) is -2.47. The van der Waals surface area contributed by atoms with Crippen molar-refractivity contribution in [2.75, 3.05) is 36.0 Å². The van der Waals surface area contributed by atoms with Crippen molar-refractivity contribution in [2.45, 2.75) is 38.8 Å². The molecule has 2 atom stereocenters. The Kier molecular flexibility index (Phi) is 10.2. The van der Waals surface area contributed by atoms with E-state index in [0.717, 1.165) is 31.5 Å². The smallest absolute Gasteiger partial charge is 0.235 e. The Hall–Kier alpha value is -3.58. The van der Waals surface area contributed by atoms with Gasteiger partial charge in [-0.25, -0.2) is 27.8 Å². The monoisotopic (exact) mass is 616 g/mol. The largest absolute Gasteiger partial charge is 0.437 e. The maximum absolute atomic E-state index is 15.0. The van der Waals surface area contributed by atoms with Crippen LogP contribution < -0.4 is 20.1 Å². The Labute approximate surface area is 250 Å². The number of nitrogens with zero attached hydrogens (tertiary/aromatic N) is 3. The van der Waals surface area contributed by atoms with Crippen molar-refractivity contribution >= 4 is 44.8 Å². The van der Waals surface area contributed by atoms with Crippen LogP contribution >= 0.6 is 12.4 Å². The molecule has 4 aromatic rings. The molecule has 10 nitrogen and oxygen atoms in total. The van der Waals surface area contributed by atoms with E-state index in [1.165, 1.54) is 13.2 Å². The lowest BCUT2D eigenvalue weighted by Crippen LogP contribution is -2.38. The highest BCUT2D eigenvalue weighted by atomic mass is 35.5. The summed E-state index contributed by atoms with van der Waals surface area (Å²) in [6.07, 6.45) is 4.86. The Bertz CT molecular complexity index is 1650. The van der Waals surface area contributed by atoms with Crippen molar-refractivity contribution in [3.63, 3.8) is 0 Å². The molecular weight excluding hydrogens is 583 g/mol. The first-order valence-electron chi connectivity index (χ1n) is 13.4. The van der Waals surface area contributed by atoms with Crippen LogP contribution in [0.25, 0.3) is 22.0 Å². The highest BCUT2D eigenvalue weighted by molar-refractivity contribution is 7.92. The molecule has 13 heteroatoms. The minimum absolute atomic E-state index is 0. The SMILES string of the molecule is CO[C@H](C)CS(=O)(=O)Nc1c(F)ccc2c(Oc3ncccc3-c3ccnc(N[C@H]4CCCNC4)n3)c(C)ccc12.Cl. The van der Waals surface area contributed by atoms with Crippen LogP contribution in [0.3, 0.4) is 0 Å². The summed E-state index contributed by atoms with van der Waals surface area (Å²) >= 11 is 0. The van der Waals surface area contributed by atoms with Crippen LogP contribution in [-0.2, 0) is 14.8 Å². The highest BCUT2D eigenvalue weighted by Crippen LogP contribution is 2.39. The number of fused-ring (bicyclic) bond motifs is 1. The van der Waals surface area contributed by atoms with E-state index in [1.54, 1.807) is 49.6 Å². The number of sulfonamides is 1. The molecule has 0 radical (unpaired) electrons. The molecule has 0 unspecified atom stereocenters. The standard InChI is InChI=1S/C29H33FN6O4S.ClH/c1-18-8-9-21-22(10-11-24(30)26(21)36-41(37,38)17-19(2)39-3)27(18)40-28-23(7-5-14-32-28)25-12-15-33-29(35-25)34-20-6-4-13-31-16-20;/h5,7-12,14-15,19-20,31,36H,4,6,13,16-17H2,1-3H3,(H,33,34,35);1H/t19-,20+;/m1./s1. The van der Waals surface area contributed by atoms with Gasteiger partial charge in [0.05, 0.1) is 28.8 Å². The van der Waals surface area contributed by atoms with Gasteiger partial charge in [0.15, 0.2) is 0 Å². The van der Waals surface area contributed by atoms with Crippen LogP contribution in [-0.4, -0.2) is 61.5 Å². The lowest BCUT2D eigenvalue weighted by atomic mass is 10.0. The first-order chi connectivity index (χ1) is 19.7. The van der Waals surface area contributed by atoms with Gasteiger partial charge in [-0.05, 0) is 69.1 Å². The summed E-state index contributed by atoms with van der Waals surface area (Å²) in [6.45, 7) is 5.34. The van der Waals surface area contributed by atoms with E-state index in [0.29, 0.717) is 39.6 Å². The second kappa shape index (κ2) is 13.6. The summed E-state index contributed by atoms with van der Waals surface area (Å²) in [6, 6.07) is 11.9. The molecule has 1 fully saturated rings. The third-order valence-corrected chi connectivity index (χ3v) is 8.37. The summed E-state index contributed by atoms with van der Waals surface area (Å²) in [4.78, 5) is 13.6. The van der Waals surface area contributed by atoms with E-state index in [-0.39, 0.29) is 29.9 Å². The predicted molar refractivity (Wildman–Crippen MR) is 165 cm³/mol. The number of nitrogens with one attached hydrogen (secondary N) is 3. The number of halogens is 2. The van der Waals surface area contributed by atoms with Crippen molar-refractivity contribution in [1.29, 1.82) is 0 Å². The molecule has 1 aliphatic rings. The molecule has 0 spiro atoms. The molecule has 42 heavy (non-hydrogen) atoms. The Morgan fingerprint density at radius 2 is 1.93 bits per heavy atom. The van der Waals surface area contributed by atoms with E-state index < -0.39 is 21.9 Å². The second-order valence-corrected chi connectivity index (χ2v) is 11.8. The molecule has 3 heterocycles. The van der Waals surface area contributed by atoms with Gasteiger partial charge in [0.25, 0.3) is 0 Å². The van der Waals surface area contributed by atoms with Gasteiger partial charge in [0, 0.05) is 42.9 Å². The minimum atomic E-state index is -3.89. The third-order valence-electron chi connectivity index (χ3n) is 6.94. The zero-order chi connectivity index (χ0) is 29.0. The number of anilines is 2. The van der Waals surface area contributed by atoms with E-state index >= 15 is 0 Å². The van der Waals surface area contributed by atoms with Crippen molar-refractivity contribution < 1.29 is 22.3 Å². The topological polar surface area (TPSA) is 127 Å². The van der Waals surface area contributed by atoms with Gasteiger partial charge in [0.1, 0.15) is 11.6 Å². The number of aryl methyl sites for hydroxylation is 1. The molecular formula is C29H34ClFN6O4S. The van der Waals surface area contributed by atoms with Gasteiger partial charge in [-0.15, -0.1) is 12.4 Å². The van der Waals surface area contributed by atoms with Crippen LogP contribution in [0.1, 0.15) is 25.3 Å². The maximum atomic E-state index is 15.0. The normalized spacial score (nSPS) is 16.0. The average Bonchev–Trinajstić information content (AvgIpc) is 2.96. The second-order valence-electron chi connectivity index (χ2n) is 10.1. The van der Waals surface area contributed by atoms with Gasteiger partial charge in [-0.3, -0.25) is 4.72 Å². The highest BCUT2D eigenvalue weighted by Gasteiger charge is 2.22. The first kappa shape index (κ1) is 31.4. The lowest BCUT2D eigenvalue weighted by Gasteiger charge is -2.23. The number of piperidine rings is 1. The fourth-order valence-corrected chi connectivity index (χ4v) is 6.13. The first-order valence-corrected chi connectivity index (χ1v) is 15.1. The van der Waals surface area contributed by atoms with Crippen LogP contribution in [0.5, 0.6) is 11.6 Å². The predicted octanol–water partition coefficient (Wildman–Crippen LogP) is 5.29. The Balaban J connectivity index is 0.00000405. The van der Waals surface area contributed by atoms with Gasteiger partial charge in [-0.2, -0.15) is 0 Å². The molecule has 0 saturated carbocycles. The van der Waals surface area contributed by atoms with Crippen LogP contribution in [0.2, 0.25) is 0 Å². The molecule has 5 rings (SSSR count). The molecule has 0 bridgehead atoms. The van der Waals surface area contributed by atoms with Crippen LogP contribution in [0, 0.1) is 12.7 Å². The maximum Gasteiger partial charge on any atom is 0.235 e. The van der Waals surface area contributed by atoms with Gasteiger partial charge < -0.3 is 20.1 Å². The number of benzene rings is 2. The Morgan fingerprint density at radius 1 is 1.12 bits per heavy atom. The van der Waals surface area contributed by atoms with Crippen molar-refractivity contribution in [2.24, 2.45) is 0 Å². The van der Waals surface area contributed by atoms with Crippen molar-refractivity contribution in [3.8, 4) is 22.9 Å². The van der Waals surface area contributed by atoms with E-state index in [9.17, 15) is 12.8 Å². The Morgan fingerprint density at radius 3 is 2.69 bits per heavy atom. The van der Waals surface area contributed by atoms with Gasteiger partial charge in [-0.1, -0.05) is 12.1 Å². The number of ether oxygens (including phenoxy) is 2. The molecule has 224 valence electrons. The molecule has 2 aromatic carbocycles. The van der Waals surface area contributed by atoms with E-state index in [1.807, 2.05) is 13.0 Å². The number of hydrogen-bond acceptors (Lipinski definition) is 9. The van der Waals surface area contributed by atoms with E-state index in [2.05, 4.69) is 25.3 Å². The summed E-state index contributed by atoms with van der Waals surface area (Å²) in [5.74, 6) is 0.219. The summed E-state index contributed by atoms with van der Waals surface area (Å²) in [5, 5.41) is 7.64. The zero-order valence-electron chi connectivity index (χ0n) is 23.6. The minimum Gasteiger partial charge on any atom is -0.437 e. The van der Waals surface area contributed by atoms with Crippen LogP contribution in [0.4, 0.5) is 16.0 Å². The lowest BCUT2D eigenvalue weighted by molar-refractivity contribution is 0.136. The molecule has 1 aliphatic heterocycles. The number of methoxy groups -OCH3 is 1.